The van der Waals surface area contributed by atoms with E-state index in [4.69, 9.17) is 0 Å². The molecule has 4 rings (SSSR count). The number of fused-ring (bicyclic) bond motifs is 1. The second-order valence-electron chi connectivity index (χ2n) is 6.35. The van der Waals surface area contributed by atoms with Gasteiger partial charge in [-0.25, -0.2) is 0 Å². The van der Waals surface area contributed by atoms with Crippen LogP contribution in [0.5, 0.6) is 0 Å². The van der Waals surface area contributed by atoms with E-state index < -0.39 is 0 Å². The minimum Gasteiger partial charge on any atom is -0.341 e. The summed E-state index contributed by atoms with van der Waals surface area (Å²) in [6, 6.07) is 8.11. The Morgan fingerprint density at radius 1 is 1.30 bits per heavy atom. The van der Waals surface area contributed by atoms with Crippen molar-refractivity contribution in [3.8, 4) is 0 Å². The zero-order chi connectivity index (χ0) is 16.2. The van der Waals surface area contributed by atoms with Gasteiger partial charge in [0.15, 0.2) is 0 Å². The number of hydrogen-bond acceptors (Lipinski definition) is 2. The molecule has 1 aliphatic rings. The third kappa shape index (κ3) is 2.36. The predicted molar refractivity (Wildman–Crippen MR) is 93.8 cm³/mol. The topological polar surface area (TPSA) is 51.9 Å². The summed E-state index contributed by atoms with van der Waals surface area (Å²) in [5.41, 5.74) is 2.59. The SMILES string of the molecule is Cn1cc(C2(NC(=O)c3cc4cc(P)ccc4n3C)CC2)cn1. The van der Waals surface area contributed by atoms with Crippen LogP contribution in [0.2, 0.25) is 0 Å². The number of aromatic nitrogens is 3. The van der Waals surface area contributed by atoms with Crippen molar-refractivity contribution in [2.45, 2.75) is 18.4 Å². The summed E-state index contributed by atoms with van der Waals surface area (Å²) in [6.07, 6.45) is 5.75. The first kappa shape index (κ1) is 14.5. The van der Waals surface area contributed by atoms with Crippen molar-refractivity contribution in [1.29, 1.82) is 0 Å². The van der Waals surface area contributed by atoms with Crippen LogP contribution in [-0.4, -0.2) is 20.3 Å². The number of aryl methyl sites for hydroxylation is 2. The highest BCUT2D eigenvalue weighted by Gasteiger charge is 2.47. The van der Waals surface area contributed by atoms with Crippen molar-refractivity contribution in [3.63, 3.8) is 0 Å². The summed E-state index contributed by atoms with van der Waals surface area (Å²) in [5.74, 6) is -0.0321. The molecule has 1 aliphatic carbocycles. The van der Waals surface area contributed by atoms with E-state index in [1.54, 1.807) is 4.68 Å². The summed E-state index contributed by atoms with van der Waals surface area (Å²) in [6.45, 7) is 0. The average molecular weight is 326 g/mol. The molecule has 5 nitrogen and oxygen atoms in total. The second-order valence-corrected chi connectivity index (χ2v) is 7.01. The summed E-state index contributed by atoms with van der Waals surface area (Å²) in [4.78, 5) is 12.8. The van der Waals surface area contributed by atoms with Gasteiger partial charge in [-0.2, -0.15) is 5.10 Å². The fourth-order valence-electron chi connectivity index (χ4n) is 3.15. The van der Waals surface area contributed by atoms with Crippen molar-refractivity contribution < 1.29 is 4.79 Å². The molecule has 0 aliphatic heterocycles. The number of nitrogens with zero attached hydrogens (tertiary/aromatic N) is 3. The summed E-state index contributed by atoms with van der Waals surface area (Å²) in [7, 11) is 6.52. The average Bonchev–Trinajstić information content (AvgIpc) is 3.02. The molecule has 0 radical (unpaired) electrons. The summed E-state index contributed by atoms with van der Waals surface area (Å²) in [5, 5.41) is 9.63. The highest BCUT2D eigenvalue weighted by Crippen LogP contribution is 2.45. The molecule has 0 bridgehead atoms. The highest BCUT2D eigenvalue weighted by molar-refractivity contribution is 7.27. The molecular weight excluding hydrogens is 307 g/mol. The van der Waals surface area contributed by atoms with Crippen LogP contribution in [0.4, 0.5) is 0 Å². The molecule has 23 heavy (non-hydrogen) atoms. The minimum atomic E-state index is -0.242. The molecule has 0 saturated heterocycles. The van der Waals surface area contributed by atoms with Gasteiger partial charge >= 0.3 is 0 Å². The van der Waals surface area contributed by atoms with Gasteiger partial charge < -0.3 is 9.88 Å². The molecule has 1 aromatic carbocycles. The van der Waals surface area contributed by atoms with E-state index in [-0.39, 0.29) is 11.4 Å². The van der Waals surface area contributed by atoms with Crippen LogP contribution in [0.1, 0.15) is 28.9 Å². The van der Waals surface area contributed by atoms with Crippen molar-refractivity contribution in [1.82, 2.24) is 19.7 Å². The normalized spacial score (nSPS) is 15.8. The third-order valence-corrected chi connectivity index (χ3v) is 5.02. The number of benzene rings is 1. The second kappa shape index (κ2) is 4.93. The van der Waals surface area contributed by atoms with Crippen LogP contribution < -0.4 is 10.6 Å². The number of carbonyl (C=O) groups excluding carboxylic acids is 1. The third-order valence-electron chi connectivity index (χ3n) is 4.66. The lowest BCUT2D eigenvalue weighted by atomic mass is 10.1. The van der Waals surface area contributed by atoms with E-state index in [0.717, 1.165) is 34.6 Å². The molecule has 1 saturated carbocycles. The molecule has 1 atom stereocenters. The summed E-state index contributed by atoms with van der Waals surface area (Å²) >= 11 is 0. The Balaban J connectivity index is 1.66. The van der Waals surface area contributed by atoms with Gasteiger partial charge in [-0.1, -0.05) is 6.07 Å². The number of hydrogen-bond donors (Lipinski definition) is 1. The Labute approximate surface area is 136 Å². The van der Waals surface area contributed by atoms with Gasteiger partial charge in [-0.15, -0.1) is 9.24 Å². The number of rotatable bonds is 3. The van der Waals surface area contributed by atoms with Crippen molar-refractivity contribution in [2.75, 3.05) is 0 Å². The lowest BCUT2D eigenvalue weighted by molar-refractivity contribution is 0.0923. The molecule has 1 amide bonds. The van der Waals surface area contributed by atoms with E-state index in [2.05, 4.69) is 25.7 Å². The summed E-state index contributed by atoms with van der Waals surface area (Å²) < 4.78 is 3.73. The lowest BCUT2D eigenvalue weighted by Gasteiger charge is -2.16. The van der Waals surface area contributed by atoms with Crippen LogP contribution in [0.15, 0.2) is 36.7 Å². The number of amides is 1. The maximum Gasteiger partial charge on any atom is 0.268 e. The van der Waals surface area contributed by atoms with Crippen LogP contribution in [0.3, 0.4) is 0 Å². The van der Waals surface area contributed by atoms with Crippen molar-refractivity contribution in [2.24, 2.45) is 14.1 Å². The van der Waals surface area contributed by atoms with Gasteiger partial charge in [0.05, 0.1) is 11.7 Å². The quantitative estimate of drug-likeness (QED) is 0.747. The van der Waals surface area contributed by atoms with E-state index in [1.165, 1.54) is 0 Å². The molecule has 1 fully saturated rings. The van der Waals surface area contributed by atoms with Crippen LogP contribution in [0.25, 0.3) is 10.9 Å². The molecule has 6 heteroatoms. The molecule has 118 valence electrons. The lowest BCUT2D eigenvalue weighted by Crippen LogP contribution is -2.35. The predicted octanol–water partition coefficient (Wildman–Crippen LogP) is 1.83. The Morgan fingerprint density at radius 2 is 2.09 bits per heavy atom. The first-order valence-corrected chi connectivity index (χ1v) is 8.23. The highest BCUT2D eigenvalue weighted by atomic mass is 31.0. The molecule has 2 aromatic heterocycles. The van der Waals surface area contributed by atoms with Gasteiger partial charge in [-0.3, -0.25) is 9.48 Å². The maximum absolute atomic E-state index is 12.8. The van der Waals surface area contributed by atoms with Gasteiger partial charge in [0.2, 0.25) is 0 Å². The molecular formula is C17H19N4OP. The van der Waals surface area contributed by atoms with Crippen molar-refractivity contribution >= 4 is 31.4 Å². The zero-order valence-electron chi connectivity index (χ0n) is 13.2. The molecule has 2 heterocycles. The Morgan fingerprint density at radius 3 is 2.74 bits per heavy atom. The Hall–Kier alpha value is -2.13. The largest absolute Gasteiger partial charge is 0.341 e. The number of carbonyl (C=O) groups is 1. The Bertz CT molecular complexity index is 920. The fraction of sp³-hybridized carbons (Fsp3) is 0.294. The van der Waals surface area contributed by atoms with Gasteiger partial charge in [-0.05, 0) is 36.3 Å². The standard InChI is InChI=1S/C17H19N4OP/c1-20-10-12(9-18-20)17(5-6-17)19-16(22)15-8-11-7-13(23)3-4-14(11)21(15)2/h3-4,7-10H,5-6,23H2,1-2H3,(H,19,22). The van der Waals surface area contributed by atoms with Crippen LogP contribution in [0, 0.1) is 0 Å². The molecule has 1 N–H and O–H groups in total. The van der Waals surface area contributed by atoms with Gasteiger partial charge in [0, 0.05) is 36.8 Å². The van der Waals surface area contributed by atoms with Crippen molar-refractivity contribution in [3.05, 3.63) is 47.9 Å². The smallest absolute Gasteiger partial charge is 0.268 e. The van der Waals surface area contributed by atoms with Crippen LogP contribution >= 0.6 is 9.24 Å². The fourth-order valence-corrected chi connectivity index (χ4v) is 3.42. The molecule has 1 unspecified atom stereocenters. The van der Waals surface area contributed by atoms with Gasteiger partial charge in [0.25, 0.3) is 5.91 Å². The van der Waals surface area contributed by atoms with E-state index in [0.29, 0.717) is 5.69 Å². The first-order chi connectivity index (χ1) is 11.0. The first-order valence-electron chi connectivity index (χ1n) is 7.65. The van der Waals surface area contributed by atoms with E-state index in [9.17, 15) is 4.79 Å². The zero-order valence-corrected chi connectivity index (χ0v) is 14.4. The Kier molecular flexibility index (Phi) is 3.10. The maximum atomic E-state index is 12.8. The molecule has 0 spiro atoms. The van der Waals surface area contributed by atoms with E-state index in [1.807, 2.05) is 49.3 Å². The van der Waals surface area contributed by atoms with E-state index >= 15 is 0 Å². The van der Waals surface area contributed by atoms with Crippen LogP contribution in [-0.2, 0) is 19.6 Å². The number of nitrogens with one attached hydrogen (secondary N) is 1. The molecule has 3 aromatic rings. The monoisotopic (exact) mass is 326 g/mol. The minimum absolute atomic E-state index is 0.0321. The van der Waals surface area contributed by atoms with Gasteiger partial charge in [0.1, 0.15) is 5.69 Å².